The smallest absolute Gasteiger partial charge is 0.228 e. The van der Waals surface area contributed by atoms with Crippen LogP contribution in [0.3, 0.4) is 0 Å². The summed E-state index contributed by atoms with van der Waals surface area (Å²) in [7, 11) is 0. The van der Waals surface area contributed by atoms with E-state index in [-0.39, 0.29) is 11.9 Å². The van der Waals surface area contributed by atoms with Gasteiger partial charge in [-0.15, -0.1) is 32.9 Å². The van der Waals surface area contributed by atoms with Gasteiger partial charge in [-0.05, 0) is 41.9 Å². The second kappa shape index (κ2) is 8.24. The molecule has 1 aromatic carbocycles. The summed E-state index contributed by atoms with van der Waals surface area (Å²) in [4.78, 5) is 24.4. The van der Waals surface area contributed by atoms with Crippen LogP contribution in [-0.2, 0) is 11.2 Å². The highest BCUT2D eigenvalue weighted by Gasteiger charge is 2.30. The Balaban J connectivity index is 1.37. The first kappa shape index (κ1) is 20.3. The minimum Gasteiger partial charge on any atom is -0.338 e. The standard InChI is InChI=1S/C24H22N6OS2/c1-16-15-28(10-11-29(16)21(31)14-17-6-4-12-32-17)24-25-19-8-3-2-7-18(19)22-26-27-23(30(22)24)20-9-5-13-33-20/h2-9,12-13,16H,10-11,14-15H2,1H3. The normalized spacial score (nSPS) is 16.7. The molecule has 0 aliphatic carbocycles. The summed E-state index contributed by atoms with van der Waals surface area (Å²) in [6.45, 7) is 4.20. The van der Waals surface area contributed by atoms with Crippen LogP contribution < -0.4 is 4.90 Å². The van der Waals surface area contributed by atoms with Gasteiger partial charge in [0.1, 0.15) is 0 Å². The van der Waals surface area contributed by atoms with E-state index in [9.17, 15) is 4.79 Å². The van der Waals surface area contributed by atoms with Crippen LogP contribution >= 0.6 is 22.7 Å². The van der Waals surface area contributed by atoms with E-state index >= 15 is 0 Å². The highest BCUT2D eigenvalue weighted by molar-refractivity contribution is 7.13. The zero-order valence-corrected chi connectivity index (χ0v) is 19.7. The van der Waals surface area contributed by atoms with Crippen molar-refractivity contribution < 1.29 is 4.79 Å². The summed E-state index contributed by atoms with van der Waals surface area (Å²) in [6, 6.07) is 16.2. The average molecular weight is 475 g/mol. The zero-order chi connectivity index (χ0) is 22.4. The third-order valence-corrected chi connectivity index (χ3v) is 7.85. The molecule has 5 heterocycles. The first-order chi connectivity index (χ1) is 16.2. The Labute approximate surface area is 198 Å². The number of rotatable bonds is 4. The van der Waals surface area contributed by atoms with E-state index < -0.39 is 0 Å². The number of thiophene rings is 2. The fraction of sp³-hybridized carbons (Fsp3) is 0.250. The molecule has 1 fully saturated rings. The van der Waals surface area contributed by atoms with Gasteiger partial charge in [0, 0.05) is 35.9 Å². The van der Waals surface area contributed by atoms with E-state index in [2.05, 4.69) is 32.5 Å². The summed E-state index contributed by atoms with van der Waals surface area (Å²) >= 11 is 3.27. The van der Waals surface area contributed by atoms with Gasteiger partial charge in [-0.1, -0.05) is 24.3 Å². The van der Waals surface area contributed by atoms with E-state index in [1.54, 1.807) is 22.7 Å². The molecule has 1 atom stereocenters. The molecule has 0 bridgehead atoms. The predicted octanol–water partition coefficient (Wildman–Crippen LogP) is 4.35. The van der Waals surface area contributed by atoms with Crippen LogP contribution in [0.4, 0.5) is 5.95 Å². The number of amides is 1. The highest BCUT2D eigenvalue weighted by Crippen LogP contribution is 2.31. The second-order valence-electron chi connectivity index (χ2n) is 8.23. The SMILES string of the molecule is CC1CN(c2nc3ccccc3c3nnc(-c4cccs4)n23)CCN1C(=O)Cc1cccs1. The lowest BCUT2D eigenvalue weighted by Crippen LogP contribution is -2.55. The molecule has 1 amide bonds. The molecule has 4 aromatic heterocycles. The van der Waals surface area contributed by atoms with Crippen LogP contribution in [0, 0.1) is 0 Å². The molecule has 1 aliphatic heterocycles. The van der Waals surface area contributed by atoms with Crippen molar-refractivity contribution in [1.82, 2.24) is 24.5 Å². The van der Waals surface area contributed by atoms with Crippen LogP contribution in [-0.4, -0.2) is 56.1 Å². The predicted molar refractivity (Wildman–Crippen MR) is 133 cm³/mol. The van der Waals surface area contributed by atoms with Crippen molar-refractivity contribution in [1.29, 1.82) is 0 Å². The van der Waals surface area contributed by atoms with Gasteiger partial charge < -0.3 is 9.80 Å². The quantitative estimate of drug-likeness (QED) is 0.388. The molecular weight excluding hydrogens is 452 g/mol. The summed E-state index contributed by atoms with van der Waals surface area (Å²) in [5.74, 6) is 1.82. The lowest BCUT2D eigenvalue weighted by molar-refractivity contribution is -0.132. The maximum Gasteiger partial charge on any atom is 0.228 e. The molecule has 6 rings (SSSR count). The van der Waals surface area contributed by atoms with Crippen molar-refractivity contribution >= 4 is 51.1 Å². The molecule has 166 valence electrons. The molecular formula is C24H22N6OS2. The number of carbonyl (C=O) groups excluding carboxylic acids is 1. The third-order valence-electron chi connectivity index (χ3n) is 6.11. The van der Waals surface area contributed by atoms with Gasteiger partial charge in [-0.3, -0.25) is 4.79 Å². The number of para-hydroxylation sites is 1. The Morgan fingerprint density at radius 1 is 1.03 bits per heavy atom. The van der Waals surface area contributed by atoms with E-state index in [0.717, 1.165) is 38.1 Å². The molecule has 1 saturated heterocycles. The van der Waals surface area contributed by atoms with Crippen LogP contribution in [0.1, 0.15) is 11.8 Å². The topological polar surface area (TPSA) is 66.6 Å². The summed E-state index contributed by atoms with van der Waals surface area (Å²) in [5, 5.41) is 14.1. The summed E-state index contributed by atoms with van der Waals surface area (Å²) in [5.41, 5.74) is 1.71. The van der Waals surface area contributed by atoms with Gasteiger partial charge >= 0.3 is 0 Å². The molecule has 9 heteroatoms. The first-order valence-electron chi connectivity index (χ1n) is 10.9. The van der Waals surface area contributed by atoms with E-state index in [1.807, 2.05) is 58.1 Å². The Bertz CT molecular complexity index is 1430. The fourth-order valence-corrected chi connectivity index (χ4v) is 5.91. The van der Waals surface area contributed by atoms with Crippen molar-refractivity contribution in [3.63, 3.8) is 0 Å². The highest BCUT2D eigenvalue weighted by atomic mass is 32.1. The Morgan fingerprint density at radius 3 is 2.67 bits per heavy atom. The van der Waals surface area contributed by atoms with Crippen molar-refractivity contribution in [3.05, 3.63) is 64.2 Å². The Hall–Kier alpha value is -3.30. The van der Waals surface area contributed by atoms with Crippen molar-refractivity contribution in [2.24, 2.45) is 0 Å². The Kier molecular flexibility index (Phi) is 5.07. The van der Waals surface area contributed by atoms with E-state index in [1.165, 1.54) is 0 Å². The lowest BCUT2D eigenvalue weighted by atomic mass is 10.1. The zero-order valence-electron chi connectivity index (χ0n) is 18.1. The molecule has 0 spiro atoms. The second-order valence-corrected chi connectivity index (χ2v) is 10.2. The maximum atomic E-state index is 12.9. The molecule has 7 nitrogen and oxygen atoms in total. The minimum atomic E-state index is 0.0798. The largest absolute Gasteiger partial charge is 0.338 e. The van der Waals surface area contributed by atoms with Gasteiger partial charge in [0.05, 0.1) is 16.8 Å². The lowest BCUT2D eigenvalue weighted by Gasteiger charge is -2.40. The van der Waals surface area contributed by atoms with Crippen LogP contribution in [0.15, 0.2) is 59.3 Å². The molecule has 1 aliphatic rings. The monoisotopic (exact) mass is 474 g/mol. The molecule has 5 aromatic rings. The minimum absolute atomic E-state index is 0.0798. The number of carbonyl (C=O) groups is 1. The third kappa shape index (κ3) is 3.57. The number of aromatic nitrogens is 4. The van der Waals surface area contributed by atoms with Crippen molar-refractivity contribution in [2.45, 2.75) is 19.4 Å². The number of piperazine rings is 1. The summed E-state index contributed by atoms with van der Waals surface area (Å²) in [6.07, 6.45) is 0.467. The molecule has 0 N–H and O–H groups in total. The number of benzene rings is 1. The molecule has 0 saturated carbocycles. The summed E-state index contributed by atoms with van der Waals surface area (Å²) < 4.78 is 2.07. The number of hydrogen-bond acceptors (Lipinski definition) is 7. The van der Waals surface area contributed by atoms with Gasteiger partial charge in [0.25, 0.3) is 0 Å². The van der Waals surface area contributed by atoms with E-state index in [0.29, 0.717) is 26.1 Å². The number of nitrogens with zero attached hydrogens (tertiary/aromatic N) is 6. The van der Waals surface area contributed by atoms with Gasteiger partial charge in [-0.2, -0.15) is 0 Å². The van der Waals surface area contributed by atoms with Crippen LogP contribution in [0.5, 0.6) is 0 Å². The molecule has 1 unspecified atom stereocenters. The average Bonchev–Trinajstić information content (AvgIpc) is 3.59. The van der Waals surface area contributed by atoms with Crippen LogP contribution in [0.25, 0.3) is 27.3 Å². The van der Waals surface area contributed by atoms with Gasteiger partial charge in [0.15, 0.2) is 11.5 Å². The number of fused-ring (bicyclic) bond motifs is 3. The maximum absolute atomic E-state index is 12.9. The van der Waals surface area contributed by atoms with Crippen molar-refractivity contribution in [2.75, 3.05) is 24.5 Å². The van der Waals surface area contributed by atoms with E-state index in [4.69, 9.17) is 4.98 Å². The van der Waals surface area contributed by atoms with Crippen LogP contribution in [0.2, 0.25) is 0 Å². The number of hydrogen-bond donors (Lipinski definition) is 0. The first-order valence-corrected chi connectivity index (χ1v) is 12.7. The Morgan fingerprint density at radius 2 is 1.88 bits per heavy atom. The molecule has 33 heavy (non-hydrogen) atoms. The van der Waals surface area contributed by atoms with Gasteiger partial charge in [0.2, 0.25) is 11.9 Å². The van der Waals surface area contributed by atoms with Gasteiger partial charge in [-0.25, -0.2) is 9.38 Å². The molecule has 0 radical (unpaired) electrons. The van der Waals surface area contributed by atoms with Crippen molar-refractivity contribution in [3.8, 4) is 10.7 Å². The number of anilines is 1. The fourth-order valence-electron chi connectivity index (χ4n) is 4.52.